The van der Waals surface area contributed by atoms with Crippen LogP contribution in [-0.2, 0) is 13.6 Å². The number of urea groups is 1. The van der Waals surface area contributed by atoms with Gasteiger partial charge in [-0.3, -0.25) is 4.79 Å². The zero-order valence-corrected chi connectivity index (χ0v) is 17.6. The lowest BCUT2D eigenvalue weighted by atomic mass is 10.2. The van der Waals surface area contributed by atoms with Gasteiger partial charge < -0.3 is 20.1 Å². The van der Waals surface area contributed by atoms with Crippen LogP contribution in [0, 0.1) is 0 Å². The van der Waals surface area contributed by atoms with Crippen molar-refractivity contribution in [3.05, 3.63) is 58.9 Å². The SMILES string of the molecule is CC(C)NC(=O)c1ccc2c(c1)nc(CN(C)C(=O)Nc1cccc(Cl)c1)n2C. The Morgan fingerprint density at radius 2 is 1.97 bits per heavy atom. The van der Waals surface area contributed by atoms with Crippen LogP contribution < -0.4 is 10.6 Å². The first-order valence-electron chi connectivity index (χ1n) is 9.28. The first-order chi connectivity index (χ1) is 13.7. The normalized spacial score (nSPS) is 11.0. The van der Waals surface area contributed by atoms with Crippen LogP contribution in [0.15, 0.2) is 42.5 Å². The maximum atomic E-state index is 12.5. The van der Waals surface area contributed by atoms with E-state index in [1.807, 2.05) is 31.5 Å². The van der Waals surface area contributed by atoms with Crippen molar-refractivity contribution >= 4 is 40.3 Å². The molecule has 0 unspecified atom stereocenters. The summed E-state index contributed by atoms with van der Waals surface area (Å²) < 4.78 is 1.92. The molecule has 7 nitrogen and oxygen atoms in total. The van der Waals surface area contributed by atoms with Crippen LogP contribution in [-0.4, -0.2) is 39.5 Å². The Morgan fingerprint density at radius 3 is 2.66 bits per heavy atom. The summed E-state index contributed by atoms with van der Waals surface area (Å²) in [4.78, 5) is 30.9. The number of rotatable bonds is 5. The van der Waals surface area contributed by atoms with Crippen LogP contribution in [0.25, 0.3) is 11.0 Å². The van der Waals surface area contributed by atoms with Gasteiger partial charge in [0.05, 0.1) is 17.6 Å². The molecule has 0 atom stereocenters. The predicted molar refractivity (Wildman–Crippen MR) is 115 cm³/mol. The fraction of sp³-hybridized carbons (Fsp3) is 0.286. The molecule has 2 aromatic carbocycles. The van der Waals surface area contributed by atoms with E-state index >= 15 is 0 Å². The van der Waals surface area contributed by atoms with E-state index in [0.717, 1.165) is 5.52 Å². The second kappa shape index (κ2) is 8.53. The van der Waals surface area contributed by atoms with E-state index in [9.17, 15) is 9.59 Å². The topological polar surface area (TPSA) is 79.3 Å². The molecule has 0 saturated carbocycles. The van der Waals surface area contributed by atoms with Crippen LogP contribution >= 0.6 is 11.6 Å². The molecule has 0 radical (unpaired) electrons. The summed E-state index contributed by atoms with van der Waals surface area (Å²) in [6.07, 6.45) is 0. The third-order valence-corrected chi connectivity index (χ3v) is 4.69. The minimum atomic E-state index is -0.267. The molecular formula is C21H24ClN5O2. The third-order valence-electron chi connectivity index (χ3n) is 4.46. The molecule has 0 aliphatic carbocycles. The number of amides is 3. The minimum Gasteiger partial charge on any atom is -0.350 e. The number of aryl methyl sites for hydroxylation is 1. The maximum absolute atomic E-state index is 12.5. The standard InChI is InChI=1S/C21H24ClN5O2/c1-13(2)23-20(28)14-8-9-18-17(10-14)25-19(27(18)4)12-26(3)21(29)24-16-7-5-6-15(22)11-16/h5-11,13H,12H2,1-4H3,(H,23,28)(H,24,29). The van der Waals surface area contributed by atoms with E-state index in [1.54, 1.807) is 43.4 Å². The Morgan fingerprint density at radius 1 is 1.21 bits per heavy atom. The molecule has 1 aromatic heterocycles. The summed E-state index contributed by atoms with van der Waals surface area (Å²) in [6, 6.07) is 12.2. The number of nitrogens with one attached hydrogen (secondary N) is 2. The summed E-state index contributed by atoms with van der Waals surface area (Å²) in [5.74, 6) is 0.581. The number of benzene rings is 2. The van der Waals surface area contributed by atoms with Gasteiger partial charge in [-0.25, -0.2) is 9.78 Å². The Bertz CT molecular complexity index is 1060. The monoisotopic (exact) mass is 413 g/mol. The van der Waals surface area contributed by atoms with Crippen LogP contribution in [0.3, 0.4) is 0 Å². The largest absolute Gasteiger partial charge is 0.350 e. The molecule has 0 saturated heterocycles. The van der Waals surface area contributed by atoms with Gasteiger partial charge in [0.25, 0.3) is 5.91 Å². The van der Waals surface area contributed by atoms with Gasteiger partial charge in [0.2, 0.25) is 0 Å². The minimum absolute atomic E-state index is 0.0594. The Kier molecular flexibility index (Phi) is 6.08. The van der Waals surface area contributed by atoms with Gasteiger partial charge in [0.1, 0.15) is 5.82 Å². The van der Waals surface area contributed by atoms with Crippen LogP contribution in [0.5, 0.6) is 0 Å². The van der Waals surface area contributed by atoms with E-state index in [2.05, 4.69) is 15.6 Å². The van der Waals surface area contributed by atoms with Crippen molar-refractivity contribution in [3.8, 4) is 0 Å². The third kappa shape index (κ3) is 4.86. The summed E-state index contributed by atoms with van der Waals surface area (Å²) in [5.41, 5.74) is 2.79. The average Bonchev–Trinajstić information content (AvgIpc) is 2.96. The van der Waals surface area contributed by atoms with Gasteiger partial charge in [0, 0.05) is 36.4 Å². The fourth-order valence-corrected chi connectivity index (χ4v) is 3.14. The van der Waals surface area contributed by atoms with Crippen molar-refractivity contribution < 1.29 is 9.59 Å². The number of carbonyl (C=O) groups is 2. The van der Waals surface area contributed by atoms with Crippen molar-refractivity contribution in [1.82, 2.24) is 19.8 Å². The summed E-state index contributed by atoms with van der Waals surface area (Å²) in [6.45, 7) is 4.14. The van der Waals surface area contributed by atoms with Gasteiger partial charge in [0.15, 0.2) is 0 Å². The van der Waals surface area contributed by atoms with Crippen LogP contribution in [0.1, 0.15) is 30.0 Å². The highest BCUT2D eigenvalue weighted by molar-refractivity contribution is 6.30. The molecule has 0 fully saturated rings. The molecule has 8 heteroatoms. The molecule has 0 aliphatic heterocycles. The second-order valence-electron chi connectivity index (χ2n) is 7.22. The highest BCUT2D eigenvalue weighted by Gasteiger charge is 2.16. The molecule has 0 spiro atoms. The van der Waals surface area contributed by atoms with Gasteiger partial charge in [-0.15, -0.1) is 0 Å². The number of hydrogen-bond donors (Lipinski definition) is 2. The summed E-state index contributed by atoms with van der Waals surface area (Å²) >= 11 is 5.96. The quantitative estimate of drug-likeness (QED) is 0.662. The predicted octanol–water partition coefficient (Wildman–Crippen LogP) is 4.03. The Labute approximate surface area is 174 Å². The van der Waals surface area contributed by atoms with E-state index in [0.29, 0.717) is 34.2 Å². The number of anilines is 1. The molecule has 3 rings (SSSR count). The van der Waals surface area contributed by atoms with Gasteiger partial charge >= 0.3 is 6.03 Å². The molecule has 29 heavy (non-hydrogen) atoms. The van der Waals surface area contributed by atoms with Gasteiger partial charge in [-0.1, -0.05) is 17.7 Å². The molecule has 1 heterocycles. The van der Waals surface area contributed by atoms with Crippen molar-refractivity contribution in [3.63, 3.8) is 0 Å². The Balaban J connectivity index is 1.76. The lowest BCUT2D eigenvalue weighted by Gasteiger charge is -2.17. The van der Waals surface area contributed by atoms with E-state index in [1.165, 1.54) is 4.90 Å². The maximum Gasteiger partial charge on any atom is 0.321 e. The van der Waals surface area contributed by atoms with Crippen molar-refractivity contribution in [2.24, 2.45) is 7.05 Å². The zero-order chi connectivity index (χ0) is 21.1. The first kappa shape index (κ1) is 20.7. The number of nitrogens with zero attached hydrogens (tertiary/aromatic N) is 3. The zero-order valence-electron chi connectivity index (χ0n) is 16.9. The number of fused-ring (bicyclic) bond motifs is 1. The lowest BCUT2D eigenvalue weighted by Crippen LogP contribution is -2.31. The molecule has 0 aliphatic rings. The summed E-state index contributed by atoms with van der Waals surface area (Å²) in [7, 11) is 3.59. The fourth-order valence-electron chi connectivity index (χ4n) is 2.95. The van der Waals surface area contributed by atoms with Gasteiger partial charge in [-0.05, 0) is 50.2 Å². The highest BCUT2D eigenvalue weighted by Crippen LogP contribution is 2.19. The van der Waals surface area contributed by atoms with Crippen LogP contribution in [0.2, 0.25) is 5.02 Å². The summed E-state index contributed by atoms with van der Waals surface area (Å²) in [5, 5.41) is 6.24. The molecule has 0 bridgehead atoms. The van der Waals surface area contributed by atoms with Gasteiger partial charge in [-0.2, -0.15) is 0 Å². The van der Waals surface area contributed by atoms with E-state index in [4.69, 9.17) is 11.6 Å². The smallest absolute Gasteiger partial charge is 0.321 e. The highest BCUT2D eigenvalue weighted by atomic mass is 35.5. The molecule has 3 aromatic rings. The van der Waals surface area contributed by atoms with Crippen molar-refractivity contribution in [2.75, 3.05) is 12.4 Å². The second-order valence-corrected chi connectivity index (χ2v) is 7.65. The molecule has 152 valence electrons. The molecule has 2 N–H and O–H groups in total. The van der Waals surface area contributed by atoms with E-state index < -0.39 is 0 Å². The number of carbonyl (C=O) groups excluding carboxylic acids is 2. The number of halogens is 1. The molecular weight excluding hydrogens is 390 g/mol. The van der Waals surface area contributed by atoms with Crippen molar-refractivity contribution in [1.29, 1.82) is 0 Å². The van der Waals surface area contributed by atoms with E-state index in [-0.39, 0.29) is 18.0 Å². The number of hydrogen-bond acceptors (Lipinski definition) is 3. The van der Waals surface area contributed by atoms with Crippen molar-refractivity contribution in [2.45, 2.75) is 26.4 Å². The number of imidazole rings is 1. The average molecular weight is 414 g/mol. The molecule has 3 amide bonds. The van der Waals surface area contributed by atoms with Crippen LogP contribution in [0.4, 0.5) is 10.5 Å². The lowest BCUT2D eigenvalue weighted by molar-refractivity contribution is 0.0943. The Hall–Kier alpha value is -3.06. The first-order valence-corrected chi connectivity index (χ1v) is 9.66. The number of aromatic nitrogens is 2.